The fourth-order valence-electron chi connectivity index (χ4n) is 3.32. The first-order valence-electron chi connectivity index (χ1n) is 9.11. The Labute approximate surface area is 153 Å². The number of aromatic nitrogens is 2. The summed E-state index contributed by atoms with van der Waals surface area (Å²) in [5, 5.41) is 2.96. The van der Waals surface area contributed by atoms with Crippen LogP contribution in [0.5, 0.6) is 0 Å². The van der Waals surface area contributed by atoms with E-state index in [1.165, 1.54) is 11.1 Å². The molecule has 136 valence electrons. The molecule has 1 amide bonds. The van der Waals surface area contributed by atoms with Crippen LogP contribution in [0.1, 0.15) is 24.5 Å². The molecule has 3 aromatic rings. The quantitative estimate of drug-likeness (QED) is 0.712. The molecule has 1 heterocycles. The maximum Gasteiger partial charge on any atom is 0.329 e. The van der Waals surface area contributed by atoms with E-state index in [1.807, 2.05) is 43.3 Å². The summed E-state index contributed by atoms with van der Waals surface area (Å²) < 4.78 is 3.44. The molecular weight excluding hydrogens is 326 g/mol. The van der Waals surface area contributed by atoms with Crippen LogP contribution in [0.15, 0.2) is 53.3 Å². The SMILES string of the molecule is CCn1c(=O)n(CCC(=O)NCCc2ccccc2C)c2ccccc21. The lowest BCUT2D eigenvalue weighted by atomic mass is 10.1. The molecule has 0 aliphatic heterocycles. The van der Waals surface area contributed by atoms with Gasteiger partial charge in [-0.3, -0.25) is 13.9 Å². The van der Waals surface area contributed by atoms with Crippen LogP contribution in [0.3, 0.4) is 0 Å². The third-order valence-electron chi connectivity index (χ3n) is 4.78. The minimum Gasteiger partial charge on any atom is -0.356 e. The molecule has 0 unspecified atom stereocenters. The second-order valence-corrected chi connectivity index (χ2v) is 6.44. The van der Waals surface area contributed by atoms with Gasteiger partial charge in [-0.05, 0) is 43.5 Å². The Balaban J connectivity index is 1.60. The third kappa shape index (κ3) is 3.72. The Bertz CT molecular complexity index is 969. The van der Waals surface area contributed by atoms with Crippen LogP contribution < -0.4 is 11.0 Å². The van der Waals surface area contributed by atoms with Crippen LogP contribution in [0.4, 0.5) is 0 Å². The van der Waals surface area contributed by atoms with Crippen LogP contribution in [0.25, 0.3) is 11.0 Å². The first-order valence-corrected chi connectivity index (χ1v) is 9.11. The number of para-hydroxylation sites is 2. The monoisotopic (exact) mass is 351 g/mol. The van der Waals surface area contributed by atoms with Crippen LogP contribution in [0, 0.1) is 6.92 Å². The van der Waals surface area contributed by atoms with E-state index in [1.54, 1.807) is 9.13 Å². The molecule has 0 fully saturated rings. The Morgan fingerprint density at radius 1 is 1.00 bits per heavy atom. The van der Waals surface area contributed by atoms with Gasteiger partial charge in [0.15, 0.2) is 0 Å². The van der Waals surface area contributed by atoms with Gasteiger partial charge < -0.3 is 5.32 Å². The standard InChI is InChI=1S/C21H25N3O2/c1-3-23-18-10-6-7-11-19(18)24(21(23)26)15-13-20(25)22-14-12-17-9-5-4-8-16(17)2/h4-11H,3,12-15H2,1-2H3,(H,22,25). The van der Waals surface area contributed by atoms with Gasteiger partial charge in [-0.1, -0.05) is 36.4 Å². The number of nitrogens with one attached hydrogen (secondary N) is 1. The van der Waals surface area contributed by atoms with Gasteiger partial charge in [0.1, 0.15) is 0 Å². The molecule has 0 saturated carbocycles. The highest BCUT2D eigenvalue weighted by Gasteiger charge is 2.12. The average Bonchev–Trinajstić information content (AvgIpc) is 2.92. The molecule has 1 N–H and O–H groups in total. The van der Waals surface area contributed by atoms with Crippen molar-refractivity contribution in [2.75, 3.05) is 6.54 Å². The Hall–Kier alpha value is -2.82. The molecule has 1 aromatic heterocycles. The zero-order valence-corrected chi connectivity index (χ0v) is 15.4. The largest absolute Gasteiger partial charge is 0.356 e. The number of hydrogen-bond acceptors (Lipinski definition) is 2. The van der Waals surface area contributed by atoms with Gasteiger partial charge in [0.2, 0.25) is 5.91 Å². The molecular formula is C21H25N3O2. The number of aryl methyl sites for hydroxylation is 3. The Morgan fingerprint density at radius 3 is 2.35 bits per heavy atom. The number of hydrogen-bond donors (Lipinski definition) is 1. The van der Waals surface area contributed by atoms with Gasteiger partial charge in [-0.15, -0.1) is 0 Å². The molecule has 3 rings (SSSR count). The molecule has 5 nitrogen and oxygen atoms in total. The number of amides is 1. The van der Waals surface area contributed by atoms with Gasteiger partial charge >= 0.3 is 5.69 Å². The maximum absolute atomic E-state index is 12.6. The van der Waals surface area contributed by atoms with E-state index in [0.717, 1.165) is 17.5 Å². The second kappa shape index (κ2) is 8.04. The van der Waals surface area contributed by atoms with Crippen molar-refractivity contribution in [3.05, 3.63) is 70.1 Å². The van der Waals surface area contributed by atoms with E-state index in [0.29, 0.717) is 26.1 Å². The predicted molar refractivity (Wildman–Crippen MR) is 104 cm³/mol. The minimum atomic E-state index is -0.0542. The van der Waals surface area contributed by atoms with Crippen molar-refractivity contribution in [2.24, 2.45) is 0 Å². The molecule has 0 bridgehead atoms. The van der Waals surface area contributed by atoms with Gasteiger partial charge in [0.25, 0.3) is 0 Å². The summed E-state index contributed by atoms with van der Waals surface area (Å²) in [6.45, 7) is 5.65. The summed E-state index contributed by atoms with van der Waals surface area (Å²) >= 11 is 0. The van der Waals surface area contributed by atoms with Crippen LogP contribution >= 0.6 is 0 Å². The lowest BCUT2D eigenvalue weighted by molar-refractivity contribution is -0.121. The van der Waals surface area contributed by atoms with Crippen LogP contribution in [0.2, 0.25) is 0 Å². The highest BCUT2D eigenvalue weighted by Crippen LogP contribution is 2.13. The molecule has 2 aromatic carbocycles. The smallest absolute Gasteiger partial charge is 0.329 e. The highest BCUT2D eigenvalue weighted by atomic mass is 16.2. The van der Waals surface area contributed by atoms with E-state index in [4.69, 9.17) is 0 Å². The molecule has 0 saturated heterocycles. The minimum absolute atomic E-state index is 0.0289. The number of carbonyl (C=O) groups is 1. The first-order chi connectivity index (χ1) is 12.6. The number of nitrogens with zero attached hydrogens (tertiary/aromatic N) is 2. The van der Waals surface area contributed by atoms with Crippen molar-refractivity contribution < 1.29 is 4.79 Å². The summed E-state index contributed by atoms with van der Waals surface area (Å²) in [7, 11) is 0. The maximum atomic E-state index is 12.6. The van der Waals surface area contributed by atoms with Gasteiger partial charge in [-0.2, -0.15) is 0 Å². The van der Waals surface area contributed by atoms with Crippen molar-refractivity contribution in [1.29, 1.82) is 0 Å². The number of imidazole rings is 1. The number of benzene rings is 2. The summed E-state index contributed by atoms with van der Waals surface area (Å²) in [5.74, 6) is -0.0289. The van der Waals surface area contributed by atoms with Crippen molar-refractivity contribution in [3.63, 3.8) is 0 Å². The fraction of sp³-hybridized carbons (Fsp3) is 0.333. The van der Waals surface area contributed by atoms with E-state index in [-0.39, 0.29) is 11.6 Å². The molecule has 5 heteroatoms. The van der Waals surface area contributed by atoms with Crippen molar-refractivity contribution in [3.8, 4) is 0 Å². The normalized spacial score (nSPS) is 11.0. The molecule has 0 atom stereocenters. The summed E-state index contributed by atoms with van der Waals surface area (Å²) in [6.07, 6.45) is 1.11. The lowest BCUT2D eigenvalue weighted by Gasteiger charge is -2.08. The van der Waals surface area contributed by atoms with E-state index in [9.17, 15) is 9.59 Å². The topological polar surface area (TPSA) is 56.0 Å². The molecule has 0 aliphatic carbocycles. The average molecular weight is 351 g/mol. The van der Waals surface area contributed by atoms with Gasteiger partial charge in [0, 0.05) is 26.1 Å². The Kier molecular flexibility index (Phi) is 5.56. The molecule has 0 aliphatic rings. The van der Waals surface area contributed by atoms with Crippen LogP contribution in [-0.2, 0) is 24.3 Å². The zero-order chi connectivity index (χ0) is 18.5. The zero-order valence-electron chi connectivity index (χ0n) is 15.4. The summed E-state index contributed by atoms with van der Waals surface area (Å²) in [5.41, 5.74) is 4.23. The van der Waals surface area contributed by atoms with Crippen molar-refractivity contribution in [2.45, 2.75) is 39.8 Å². The second-order valence-electron chi connectivity index (χ2n) is 6.44. The number of carbonyl (C=O) groups excluding carboxylic acids is 1. The number of fused-ring (bicyclic) bond motifs is 1. The number of rotatable bonds is 7. The summed E-state index contributed by atoms with van der Waals surface area (Å²) in [4.78, 5) is 24.7. The van der Waals surface area contributed by atoms with Crippen molar-refractivity contribution in [1.82, 2.24) is 14.5 Å². The van der Waals surface area contributed by atoms with Gasteiger partial charge in [-0.25, -0.2) is 4.79 Å². The Morgan fingerprint density at radius 2 is 1.65 bits per heavy atom. The molecule has 0 spiro atoms. The predicted octanol–water partition coefficient (Wildman–Crippen LogP) is 2.88. The lowest BCUT2D eigenvalue weighted by Crippen LogP contribution is -2.29. The first kappa shape index (κ1) is 18.0. The fourth-order valence-corrected chi connectivity index (χ4v) is 3.32. The molecule has 0 radical (unpaired) electrons. The van der Waals surface area contributed by atoms with Crippen LogP contribution in [-0.4, -0.2) is 21.6 Å². The highest BCUT2D eigenvalue weighted by molar-refractivity contribution is 5.78. The van der Waals surface area contributed by atoms with E-state index >= 15 is 0 Å². The van der Waals surface area contributed by atoms with E-state index < -0.39 is 0 Å². The van der Waals surface area contributed by atoms with Crippen molar-refractivity contribution >= 4 is 16.9 Å². The van der Waals surface area contributed by atoms with E-state index in [2.05, 4.69) is 24.4 Å². The summed E-state index contributed by atoms with van der Waals surface area (Å²) in [6, 6.07) is 15.9. The third-order valence-corrected chi connectivity index (χ3v) is 4.78. The molecule has 26 heavy (non-hydrogen) atoms. The van der Waals surface area contributed by atoms with Gasteiger partial charge in [0.05, 0.1) is 11.0 Å².